The van der Waals surface area contributed by atoms with Crippen LogP contribution in [0.1, 0.15) is 77.6 Å². The molecule has 276 valence electrons. The number of benzene rings is 7. The van der Waals surface area contributed by atoms with Crippen LogP contribution in [0.5, 0.6) is 0 Å². The van der Waals surface area contributed by atoms with Crippen molar-refractivity contribution in [1.82, 2.24) is 0 Å². The molecule has 0 spiro atoms. The normalized spacial score (nSPS) is 13.9. The molecule has 0 aliphatic heterocycles. The SMILES string of the molecule is CC(C)(C)c1cc(C(C)(C)C)c2oc3ccc(N(c4ccc(-c5cccc6c5oc5ccccc56)cc4)c4ccc5c(c4)C(C)(C)c4ccccc4-5)cc3c2c1. The van der Waals surface area contributed by atoms with Gasteiger partial charge < -0.3 is 13.7 Å². The Bertz CT molecular complexity index is 3010. The van der Waals surface area contributed by atoms with Gasteiger partial charge in [-0.3, -0.25) is 0 Å². The lowest BCUT2D eigenvalue weighted by Crippen LogP contribution is -2.16. The van der Waals surface area contributed by atoms with Gasteiger partial charge in [0.15, 0.2) is 0 Å². The van der Waals surface area contributed by atoms with Gasteiger partial charge in [0.2, 0.25) is 0 Å². The highest BCUT2D eigenvalue weighted by Crippen LogP contribution is 2.51. The maximum atomic E-state index is 6.74. The number of hydrogen-bond acceptors (Lipinski definition) is 3. The summed E-state index contributed by atoms with van der Waals surface area (Å²) in [5.41, 5.74) is 16.9. The highest BCUT2D eigenvalue weighted by atomic mass is 16.3. The van der Waals surface area contributed by atoms with E-state index < -0.39 is 0 Å². The van der Waals surface area contributed by atoms with Gasteiger partial charge in [-0.05, 0) is 98.8 Å². The van der Waals surface area contributed by atoms with E-state index in [0.29, 0.717) is 0 Å². The molecule has 0 amide bonds. The van der Waals surface area contributed by atoms with Gasteiger partial charge in [-0.25, -0.2) is 0 Å². The molecular formula is C53H47NO2. The zero-order valence-corrected chi connectivity index (χ0v) is 33.5. The molecule has 0 saturated carbocycles. The molecule has 0 N–H and O–H groups in total. The van der Waals surface area contributed by atoms with Crippen LogP contribution in [-0.4, -0.2) is 0 Å². The predicted molar refractivity (Wildman–Crippen MR) is 236 cm³/mol. The van der Waals surface area contributed by atoms with E-state index in [2.05, 4.69) is 188 Å². The smallest absolute Gasteiger partial charge is 0.143 e. The summed E-state index contributed by atoms with van der Waals surface area (Å²) in [5, 5.41) is 4.57. The molecule has 9 aromatic rings. The molecule has 1 aliphatic carbocycles. The third-order valence-electron chi connectivity index (χ3n) is 12.2. The lowest BCUT2D eigenvalue weighted by molar-refractivity contribution is 0.559. The van der Waals surface area contributed by atoms with Gasteiger partial charge in [-0.2, -0.15) is 0 Å². The summed E-state index contributed by atoms with van der Waals surface area (Å²) < 4.78 is 13.2. The number of anilines is 3. The van der Waals surface area contributed by atoms with E-state index in [1.165, 1.54) is 38.8 Å². The van der Waals surface area contributed by atoms with Crippen molar-refractivity contribution in [3.05, 3.63) is 162 Å². The average molecular weight is 730 g/mol. The van der Waals surface area contributed by atoms with Crippen molar-refractivity contribution in [2.24, 2.45) is 0 Å². The monoisotopic (exact) mass is 729 g/mol. The maximum Gasteiger partial charge on any atom is 0.143 e. The lowest BCUT2D eigenvalue weighted by Gasteiger charge is -2.28. The maximum absolute atomic E-state index is 6.74. The third-order valence-corrected chi connectivity index (χ3v) is 12.2. The van der Waals surface area contributed by atoms with Gasteiger partial charge in [0.25, 0.3) is 0 Å². The summed E-state index contributed by atoms with van der Waals surface area (Å²) in [4.78, 5) is 2.40. The van der Waals surface area contributed by atoms with Gasteiger partial charge in [0.05, 0.1) is 0 Å². The van der Waals surface area contributed by atoms with Crippen LogP contribution < -0.4 is 4.90 Å². The second-order valence-corrected chi connectivity index (χ2v) is 18.2. The van der Waals surface area contributed by atoms with Crippen molar-refractivity contribution in [3.63, 3.8) is 0 Å². The van der Waals surface area contributed by atoms with E-state index >= 15 is 0 Å². The predicted octanol–water partition coefficient (Wildman–Crippen LogP) is 15.5. The second-order valence-electron chi connectivity index (χ2n) is 18.2. The molecule has 1 aliphatic rings. The van der Waals surface area contributed by atoms with Crippen molar-refractivity contribution < 1.29 is 8.83 Å². The summed E-state index contributed by atoms with van der Waals surface area (Å²) in [5.74, 6) is 0. The van der Waals surface area contributed by atoms with Crippen LogP contribution in [0.3, 0.4) is 0 Å². The number of rotatable bonds is 4. The van der Waals surface area contributed by atoms with E-state index in [1.54, 1.807) is 0 Å². The summed E-state index contributed by atoms with van der Waals surface area (Å²) in [6.45, 7) is 18.4. The van der Waals surface area contributed by atoms with Crippen molar-refractivity contribution in [2.45, 2.75) is 71.6 Å². The highest BCUT2D eigenvalue weighted by molar-refractivity contribution is 6.10. The molecule has 56 heavy (non-hydrogen) atoms. The van der Waals surface area contributed by atoms with E-state index in [9.17, 15) is 0 Å². The van der Waals surface area contributed by atoms with Gasteiger partial charge in [-0.15, -0.1) is 0 Å². The van der Waals surface area contributed by atoms with Crippen molar-refractivity contribution >= 4 is 60.9 Å². The van der Waals surface area contributed by atoms with E-state index in [-0.39, 0.29) is 16.2 Å². The first-order chi connectivity index (χ1) is 26.8. The Morgan fingerprint density at radius 2 is 1.07 bits per heavy atom. The fourth-order valence-corrected chi connectivity index (χ4v) is 9.04. The van der Waals surface area contributed by atoms with Crippen LogP contribution in [0.25, 0.3) is 66.1 Å². The second kappa shape index (κ2) is 12.0. The van der Waals surface area contributed by atoms with Gasteiger partial charge in [0.1, 0.15) is 22.3 Å². The molecule has 7 aromatic carbocycles. The summed E-state index contributed by atoms with van der Waals surface area (Å²) in [6.07, 6.45) is 0. The minimum atomic E-state index is -0.125. The van der Waals surface area contributed by atoms with Crippen LogP contribution in [0, 0.1) is 0 Å². The van der Waals surface area contributed by atoms with Crippen LogP contribution in [0.15, 0.2) is 148 Å². The minimum Gasteiger partial charge on any atom is -0.456 e. The fourth-order valence-electron chi connectivity index (χ4n) is 9.04. The molecule has 10 rings (SSSR count). The summed E-state index contributed by atoms with van der Waals surface area (Å²) >= 11 is 0. The molecular weight excluding hydrogens is 683 g/mol. The topological polar surface area (TPSA) is 29.5 Å². The first-order valence-electron chi connectivity index (χ1n) is 19.8. The zero-order valence-electron chi connectivity index (χ0n) is 33.5. The van der Waals surface area contributed by atoms with E-state index in [1.807, 2.05) is 12.1 Å². The molecule has 3 heteroatoms. The number of furan rings is 2. The van der Waals surface area contributed by atoms with Crippen LogP contribution >= 0.6 is 0 Å². The Balaban J connectivity index is 1.17. The van der Waals surface area contributed by atoms with Crippen LogP contribution in [0.2, 0.25) is 0 Å². The van der Waals surface area contributed by atoms with Gasteiger partial charge >= 0.3 is 0 Å². The van der Waals surface area contributed by atoms with Crippen molar-refractivity contribution in [1.29, 1.82) is 0 Å². The zero-order chi connectivity index (χ0) is 38.7. The Morgan fingerprint density at radius 3 is 1.86 bits per heavy atom. The van der Waals surface area contributed by atoms with Gasteiger partial charge in [-0.1, -0.05) is 140 Å². The standard InChI is InChI=1S/C53H47NO2/c1-51(2,3)33-28-43-42-30-35(25-27-48(42)56-50(43)46(29-33)52(4,5)6)54(36-24-26-39-38-14-9-11-18-44(38)53(7,8)45(39)31-36)34-22-20-32(21-23-34)37-16-13-17-41-40-15-10-12-19-47(40)55-49(37)41/h9-31H,1-8H3. The molecule has 0 saturated heterocycles. The highest BCUT2D eigenvalue weighted by Gasteiger charge is 2.36. The fraction of sp³-hybridized carbons (Fsp3) is 0.208. The molecule has 0 radical (unpaired) electrons. The summed E-state index contributed by atoms with van der Waals surface area (Å²) in [6, 6.07) is 51.0. The molecule has 0 atom stereocenters. The van der Waals surface area contributed by atoms with Crippen LogP contribution in [-0.2, 0) is 16.2 Å². The first-order valence-corrected chi connectivity index (χ1v) is 19.8. The Kier molecular flexibility index (Phi) is 7.36. The quantitative estimate of drug-likeness (QED) is 0.181. The largest absolute Gasteiger partial charge is 0.456 e. The average Bonchev–Trinajstić information content (AvgIpc) is 3.82. The number of fused-ring (bicyclic) bond motifs is 9. The molecule has 2 aromatic heterocycles. The number of para-hydroxylation sites is 2. The third kappa shape index (κ3) is 5.24. The molecule has 0 unspecified atom stereocenters. The molecule has 0 fully saturated rings. The van der Waals surface area contributed by atoms with Crippen molar-refractivity contribution in [3.8, 4) is 22.3 Å². The Labute approximate surface area is 329 Å². The van der Waals surface area contributed by atoms with Crippen molar-refractivity contribution in [2.75, 3.05) is 4.90 Å². The minimum absolute atomic E-state index is 0.00925. The van der Waals surface area contributed by atoms with Gasteiger partial charge in [0, 0.05) is 55.1 Å². The molecule has 3 nitrogen and oxygen atoms in total. The number of hydrogen-bond donors (Lipinski definition) is 0. The molecule has 0 bridgehead atoms. The van der Waals surface area contributed by atoms with E-state index in [0.717, 1.165) is 66.7 Å². The Morgan fingerprint density at radius 1 is 0.446 bits per heavy atom. The number of nitrogens with zero attached hydrogens (tertiary/aromatic N) is 1. The molecule has 2 heterocycles. The first kappa shape index (κ1) is 34.4. The van der Waals surface area contributed by atoms with E-state index in [4.69, 9.17) is 8.83 Å². The Hall–Kier alpha value is -6.06. The summed E-state index contributed by atoms with van der Waals surface area (Å²) in [7, 11) is 0. The van der Waals surface area contributed by atoms with Crippen LogP contribution in [0.4, 0.5) is 17.1 Å². The lowest BCUT2D eigenvalue weighted by atomic mass is 9.79.